The molecule has 0 bridgehead atoms. The molecule has 3 nitrogen and oxygen atoms in total. The first-order valence-corrected chi connectivity index (χ1v) is 4.30. The van der Waals surface area contributed by atoms with Crippen LogP contribution in [0.2, 0.25) is 0 Å². The SMILES string of the molecule is NC1=CC2N[N-]C3=CC=[C-]C(=C1)C32.[K+].[Li+]. The molecule has 0 aromatic rings. The van der Waals surface area contributed by atoms with Crippen LogP contribution in [0.1, 0.15) is 0 Å². The van der Waals surface area contributed by atoms with Gasteiger partial charge in [-0.3, -0.25) is 0 Å². The standard InChI is InChI=1S/C10H9N3.K.Li/c11-7-4-6-2-1-3-8-10(6)9(5-7)13-12-8;;/h1,3-5,9-10,13H,11H2;;/q-2;2*+1. The van der Waals surface area contributed by atoms with Gasteiger partial charge in [-0.15, -0.1) is 6.08 Å². The predicted molar refractivity (Wildman–Crippen MR) is 50.0 cm³/mol. The summed E-state index contributed by atoms with van der Waals surface area (Å²) in [6, 6.07) is 0.229. The topological polar surface area (TPSA) is 52.1 Å². The summed E-state index contributed by atoms with van der Waals surface area (Å²) in [5.74, 6) is 0.331. The van der Waals surface area contributed by atoms with Crippen molar-refractivity contribution < 1.29 is 70.2 Å². The van der Waals surface area contributed by atoms with Gasteiger partial charge in [0.2, 0.25) is 0 Å². The van der Waals surface area contributed by atoms with Gasteiger partial charge in [0.25, 0.3) is 0 Å². The molecule has 2 atom stereocenters. The van der Waals surface area contributed by atoms with E-state index in [0.29, 0.717) is 5.92 Å². The number of nitrogens with one attached hydrogen (secondary N) is 1. The second-order valence-corrected chi connectivity index (χ2v) is 3.41. The summed E-state index contributed by atoms with van der Waals surface area (Å²) in [6.45, 7) is 0. The van der Waals surface area contributed by atoms with Gasteiger partial charge in [-0.05, 0) is 11.6 Å². The summed E-state index contributed by atoms with van der Waals surface area (Å²) in [7, 11) is 0. The molecule has 3 aliphatic rings. The molecule has 0 amide bonds. The van der Waals surface area contributed by atoms with E-state index in [1.54, 1.807) is 0 Å². The van der Waals surface area contributed by atoms with Crippen LogP contribution in [0.25, 0.3) is 5.43 Å². The van der Waals surface area contributed by atoms with E-state index < -0.39 is 0 Å². The summed E-state index contributed by atoms with van der Waals surface area (Å²) >= 11 is 0. The van der Waals surface area contributed by atoms with Gasteiger partial charge in [0.05, 0.1) is 0 Å². The van der Waals surface area contributed by atoms with Gasteiger partial charge in [0.15, 0.2) is 0 Å². The monoisotopic (exact) mass is 217 g/mol. The fourth-order valence-electron chi connectivity index (χ4n) is 1.98. The Balaban J connectivity index is 0.000000562. The summed E-state index contributed by atoms with van der Waals surface area (Å²) < 4.78 is 0. The van der Waals surface area contributed by atoms with Crippen LogP contribution in [-0.2, 0) is 0 Å². The molecule has 0 aromatic carbocycles. The largest absolute Gasteiger partial charge is 1.00 e. The van der Waals surface area contributed by atoms with E-state index in [1.165, 1.54) is 0 Å². The second kappa shape index (κ2) is 5.39. The Kier molecular flexibility index (Phi) is 4.97. The van der Waals surface area contributed by atoms with Gasteiger partial charge in [-0.1, -0.05) is 6.08 Å². The minimum atomic E-state index is 0. The molecule has 3 N–H and O–H groups in total. The molecule has 0 spiro atoms. The van der Waals surface area contributed by atoms with E-state index >= 15 is 0 Å². The normalized spacial score (nSPS) is 29.7. The van der Waals surface area contributed by atoms with E-state index in [-0.39, 0.29) is 76.3 Å². The van der Waals surface area contributed by atoms with E-state index in [4.69, 9.17) is 5.73 Å². The maximum Gasteiger partial charge on any atom is 1.00 e. The molecule has 1 heterocycles. The van der Waals surface area contributed by atoms with Crippen LogP contribution < -0.4 is 81.4 Å². The minimum absolute atomic E-state index is 0. The van der Waals surface area contributed by atoms with Gasteiger partial charge in [-0.25, -0.2) is 5.70 Å². The molecule has 5 heteroatoms. The first-order chi connectivity index (χ1) is 6.34. The van der Waals surface area contributed by atoms with Crippen molar-refractivity contribution in [3.8, 4) is 0 Å². The third-order valence-corrected chi connectivity index (χ3v) is 2.55. The second-order valence-electron chi connectivity index (χ2n) is 3.41. The fraction of sp³-hybridized carbons (Fsp3) is 0.200. The van der Waals surface area contributed by atoms with Gasteiger partial charge in [-0.2, -0.15) is 23.8 Å². The quantitative estimate of drug-likeness (QED) is 0.315. The number of nitrogens with zero attached hydrogens (tertiary/aromatic N) is 1. The van der Waals surface area contributed by atoms with Crippen molar-refractivity contribution in [2.45, 2.75) is 6.04 Å². The first kappa shape index (κ1) is 13.8. The molecule has 2 aliphatic carbocycles. The third-order valence-electron chi connectivity index (χ3n) is 2.55. The third kappa shape index (κ3) is 2.38. The Morgan fingerprint density at radius 1 is 1.47 bits per heavy atom. The Morgan fingerprint density at radius 3 is 3.07 bits per heavy atom. The Hall–Kier alpha value is 0.754. The molecular formula is C10H9KLiN3. The fourth-order valence-corrected chi connectivity index (χ4v) is 1.98. The van der Waals surface area contributed by atoms with E-state index in [1.807, 2.05) is 24.3 Å². The van der Waals surface area contributed by atoms with Crippen molar-refractivity contribution in [2.24, 2.45) is 11.7 Å². The van der Waals surface area contributed by atoms with Crippen LogP contribution in [0, 0.1) is 12.0 Å². The van der Waals surface area contributed by atoms with Gasteiger partial charge in [0.1, 0.15) is 0 Å². The molecule has 0 radical (unpaired) electrons. The molecule has 0 aromatic heterocycles. The number of hydrogen-bond acceptors (Lipinski definition) is 2. The molecule has 15 heavy (non-hydrogen) atoms. The molecule has 1 aliphatic heterocycles. The van der Waals surface area contributed by atoms with Crippen LogP contribution in [0.4, 0.5) is 0 Å². The van der Waals surface area contributed by atoms with E-state index in [2.05, 4.69) is 16.9 Å². The zero-order chi connectivity index (χ0) is 8.84. The number of allylic oxidation sites excluding steroid dienone is 4. The number of hydrogen-bond donors (Lipinski definition) is 2. The maximum absolute atomic E-state index is 5.76. The molecule has 1 saturated heterocycles. The van der Waals surface area contributed by atoms with Crippen molar-refractivity contribution >= 4 is 0 Å². The Labute approximate surface area is 144 Å². The Morgan fingerprint density at radius 2 is 2.27 bits per heavy atom. The summed E-state index contributed by atoms with van der Waals surface area (Å²) in [5.41, 5.74) is 16.1. The first-order valence-electron chi connectivity index (χ1n) is 4.30. The van der Waals surface area contributed by atoms with Crippen molar-refractivity contribution in [3.63, 3.8) is 0 Å². The van der Waals surface area contributed by atoms with Crippen LogP contribution in [0.3, 0.4) is 0 Å². The smallest absolute Gasteiger partial charge is 0.636 e. The molecule has 66 valence electrons. The van der Waals surface area contributed by atoms with E-state index in [0.717, 1.165) is 17.0 Å². The predicted octanol–water partition coefficient (Wildman–Crippen LogP) is -5.09. The van der Waals surface area contributed by atoms with Crippen LogP contribution in [-0.4, -0.2) is 6.04 Å². The zero-order valence-electron chi connectivity index (χ0n) is 8.99. The summed E-state index contributed by atoms with van der Waals surface area (Å²) in [6.07, 6.45) is 11.0. The van der Waals surface area contributed by atoms with Crippen molar-refractivity contribution in [1.82, 2.24) is 5.43 Å². The van der Waals surface area contributed by atoms with Crippen LogP contribution in [0.5, 0.6) is 0 Å². The Bertz CT molecular complexity index is 384. The van der Waals surface area contributed by atoms with Gasteiger partial charge < -0.3 is 16.6 Å². The molecule has 3 rings (SSSR count). The van der Waals surface area contributed by atoms with Crippen molar-refractivity contribution in [3.05, 3.63) is 52.8 Å². The van der Waals surface area contributed by atoms with Gasteiger partial charge in [0, 0.05) is 6.04 Å². The number of nitrogens with two attached hydrogens (primary N) is 1. The average molecular weight is 217 g/mol. The summed E-state index contributed by atoms with van der Waals surface area (Å²) in [5, 5.41) is 0. The molecule has 1 fully saturated rings. The van der Waals surface area contributed by atoms with Crippen LogP contribution >= 0.6 is 0 Å². The number of rotatable bonds is 0. The zero-order valence-corrected chi connectivity index (χ0v) is 12.1. The molecular weight excluding hydrogens is 208 g/mol. The molecule has 0 saturated carbocycles. The maximum atomic E-state index is 5.76. The summed E-state index contributed by atoms with van der Waals surface area (Å²) in [4.78, 5) is 0. The molecule has 2 unspecified atom stereocenters. The van der Waals surface area contributed by atoms with Crippen molar-refractivity contribution in [2.75, 3.05) is 0 Å². The van der Waals surface area contributed by atoms with E-state index in [9.17, 15) is 0 Å². The average Bonchev–Trinajstić information content (AvgIpc) is 2.50. The van der Waals surface area contributed by atoms with Gasteiger partial charge >= 0.3 is 70.2 Å². The van der Waals surface area contributed by atoms with Crippen LogP contribution in [0.15, 0.2) is 41.3 Å². The van der Waals surface area contributed by atoms with Crippen molar-refractivity contribution in [1.29, 1.82) is 0 Å². The minimum Gasteiger partial charge on any atom is -0.636 e.